The quantitative estimate of drug-likeness (QED) is 0.821. The molecular weight excluding hydrogens is 229 g/mol. The Bertz CT molecular complexity index is 400. The molecule has 90 valence electrons. The fourth-order valence-corrected chi connectivity index (χ4v) is 1.20. The maximum absolute atomic E-state index is 12.2. The number of carbonyl (C=O) groups is 1. The summed E-state index contributed by atoms with van der Waals surface area (Å²) in [4.78, 5) is 10.3. The van der Waals surface area contributed by atoms with Crippen LogP contribution < -0.4 is 0 Å². The van der Waals surface area contributed by atoms with Gasteiger partial charge in [-0.15, -0.1) is 0 Å². The van der Waals surface area contributed by atoms with Crippen LogP contribution in [0.1, 0.15) is 23.9 Å². The van der Waals surface area contributed by atoms with Crippen LogP contribution in [0, 0.1) is 0 Å². The lowest BCUT2D eigenvalue weighted by atomic mass is 10.2. The number of nitrogens with zero attached hydrogens (tertiary/aromatic N) is 2. The summed E-state index contributed by atoms with van der Waals surface area (Å²) in [7, 11) is 1.20. The second-order valence-corrected chi connectivity index (χ2v) is 3.19. The molecule has 0 aliphatic heterocycles. The molecule has 0 saturated carbocycles. The van der Waals surface area contributed by atoms with Crippen molar-refractivity contribution in [3.8, 4) is 0 Å². The van der Waals surface area contributed by atoms with E-state index in [4.69, 9.17) is 5.11 Å². The smallest absolute Gasteiger partial charge is 0.435 e. The number of carboxylic acids is 1. The Morgan fingerprint density at radius 2 is 2.19 bits per heavy atom. The van der Waals surface area contributed by atoms with E-state index in [9.17, 15) is 23.1 Å². The first-order chi connectivity index (χ1) is 7.21. The average molecular weight is 238 g/mol. The van der Waals surface area contributed by atoms with E-state index in [0.717, 1.165) is 4.68 Å². The Morgan fingerprint density at radius 3 is 2.56 bits per heavy atom. The molecule has 5 nitrogen and oxygen atoms in total. The number of carboxylic acid groups (broad SMARTS) is 1. The summed E-state index contributed by atoms with van der Waals surface area (Å²) in [6, 6.07) is 0.633. The number of aryl methyl sites for hydroxylation is 1. The van der Waals surface area contributed by atoms with Crippen molar-refractivity contribution in [2.24, 2.45) is 7.05 Å². The van der Waals surface area contributed by atoms with Gasteiger partial charge in [0, 0.05) is 7.05 Å². The topological polar surface area (TPSA) is 75.3 Å². The van der Waals surface area contributed by atoms with Gasteiger partial charge in [-0.1, -0.05) is 0 Å². The minimum atomic E-state index is -4.61. The van der Waals surface area contributed by atoms with Gasteiger partial charge in [-0.3, -0.25) is 9.48 Å². The van der Waals surface area contributed by atoms with E-state index in [-0.39, 0.29) is 5.69 Å². The standard InChI is InChI=1S/C8H9F3N2O3/c1-13-4(5(14)3-7(15)16)2-6(12-13)8(9,10)11/h2,5,14H,3H2,1H3,(H,15,16)/t5-/m0/s1. The molecular formula is C8H9F3N2O3. The van der Waals surface area contributed by atoms with Crippen LogP contribution in [0.2, 0.25) is 0 Å². The van der Waals surface area contributed by atoms with Crippen molar-refractivity contribution in [3.05, 3.63) is 17.5 Å². The summed E-state index contributed by atoms with van der Waals surface area (Å²) in [6.45, 7) is 0. The van der Waals surface area contributed by atoms with Gasteiger partial charge < -0.3 is 10.2 Å². The molecule has 0 unspecified atom stereocenters. The monoisotopic (exact) mass is 238 g/mol. The van der Waals surface area contributed by atoms with Gasteiger partial charge in [0.05, 0.1) is 12.1 Å². The molecule has 1 aromatic rings. The van der Waals surface area contributed by atoms with E-state index in [1.165, 1.54) is 7.05 Å². The van der Waals surface area contributed by atoms with Crippen LogP contribution in [0.5, 0.6) is 0 Å². The van der Waals surface area contributed by atoms with Crippen LogP contribution in [-0.4, -0.2) is 26.0 Å². The van der Waals surface area contributed by atoms with E-state index in [1.54, 1.807) is 0 Å². The van der Waals surface area contributed by atoms with Gasteiger partial charge in [-0.05, 0) is 6.07 Å². The highest BCUT2D eigenvalue weighted by Gasteiger charge is 2.35. The normalized spacial score (nSPS) is 13.8. The van der Waals surface area contributed by atoms with Gasteiger partial charge in [-0.2, -0.15) is 18.3 Å². The summed E-state index contributed by atoms with van der Waals surface area (Å²) in [5, 5.41) is 20.9. The van der Waals surface area contributed by atoms with Crippen LogP contribution in [0.25, 0.3) is 0 Å². The Labute approximate surface area is 88.1 Å². The lowest BCUT2D eigenvalue weighted by Gasteiger charge is -2.06. The second-order valence-electron chi connectivity index (χ2n) is 3.19. The Hall–Kier alpha value is -1.57. The van der Waals surface area contributed by atoms with E-state index in [1.807, 2.05) is 0 Å². The van der Waals surface area contributed by atoms with Crippen LogP contribution >= 0.6 is 0 Å². The van der Waals surface area contributed by atoms with Gasteiger partial charge in [-0.25, -0.2) is 0 Å². The van der Waals surface area contributed by atoms with Crippen molar-refractivity contribution in [3.63, 3.8) is 0 Å². The Morgan fingerprint density at radius 1 is 1.62 bits per heavy atom. The molecule has 0 saturated heterocycles. The highest BCUT2D eigenvalue weighted by molar-refractivity contribution is 5.67. The number of alkyl halides is 3. The Balaban J connectivity index is 2.98. The zero-order chi connectivity index (χ0) is 12.5. The van der Waals surface area contributed by atoms with E-state index < -0.39 is 30.4 Å². The van der Waals surface area contributed by atoms with Crippen molar-refractivity contribution < 1.29 is 28.2 Å². The average Bonchev–Trinajstić information content (AvgIpc) is 2.44. The van der Waals surface area contributed by atoms with E-state index in [2.05, 4.69) is 5.10 Å². The minimum absolute atomic E-state index is 0.185. The predicted octanol–water partition coefficient (Wildman–Crippen LogP) is 0.947. The van der Waals surface area contributed by atoms with Gasteiger partial charge in [0.2, 0.25) is 0 Å². The number of hydrogen-bond acceptors (Lipinski definition) is 3. The van der Waals surface area contributed by atoms with E-state index in [0.29, 0.717) is 6.07 Å². The maximum Gasteiger partial charge on any atom is 0.435 e. The molecule has 16 heavy (non-hydrogen) atoms. The number of rotatable bonds is 3. The molecule has 1 heterocycles. The molecule has 0 aliphatic rings. The highest BCUT2D eigenvalue weighted by atomic mass is 19.4. The third kappa shape index (κ3) is 2.72. The molecule has 2 N–H and O–H groups in total. The van der Waals surface area contributed by atoms with Crippen molar-refractivity contribution in [1.82, 2.24) is 9.78 Å². The summed E-state index contributed by atoms with van der Waals surface area (Å²) >= 11 is 0. The molecule has 0 amide bonds. The SMILES string of the molecule is Cn1nc(C(F)(F)F)cc1[C@@H](O)CC(=O)O. The number of hydrogen-bond donors (Lipinski definition) is 2. The van der Waals surface area contributed by atoms with Crippen LogP contribution in [0.3, 0.4) is 0 Å². The molecule has 0 aliphatic carbocycles. The fraction of sp³-hybridized carbons (Fsp3) is 0.500. The van der Waals surface area contributed by atoms with Crippen molar-refractivity contribution >= 4 is 5.97 Å². The molecule has 0 fully saturated rings. The molecule has 1 rings (SSSR count). The summed E-state index contributed by atoms with van der Waals surface area (Å²) in [5.74, 6) is -1.30. The number of aromatic nitrogens is 2. The van der Waals surface area contributed by atoms with Crippen LogP contribution in [0.15, 0.2) is 6.07 Å². The zero-order valence-electron chi connectivity index (χ0n) is 8.19. The Kier molecular flexibility index (Phi) is 3.22. The summed E-state index contributed by atoms with van der Waals surface area (Å²) < 4.78 is 37.5. The number of aliphatic hydroxyl groups excluding tert-OH is 1. The number of aliphatic hydroxyl groups is 1. The maximum atomic E-state index is 12.2. The van der Waals surface area contributed by atoms with Crippen molar-refractivity contribution in [2.75, 3.05) is 0 Å². The van der Waals surface area contributed by atoms with Crippen molar-refractivity contribution in [1.29, 1.82) is 0 Å². The summed E-state index contributed by atoms with van der Waals surface area (Å²) in [6.07, 6.45) is -6.79. The number of aliphatic carboxylic acids is 1. The third-order valence-electron chi connectivity index (χ3n) is 1.92. The molecule has 8 heteroatoms. The van der Waals surface area contributed by atoms with Crippen molar-refractivity contribution in [2.45, 2.75) is 18.7 Å². The van der Waals surface area contributed by atoms with Gasteiger partial charge in [0.25, 0.3) is 0 Å². The molecule has 0 radical (unpaired) electrons. The first kappa shape index (κ1) is 12.5. The largest absolute Gasteiger partial charge is 0.481 e. The van der Waals surface area contributed by atoms with E-state index >= 15 is 0 Å². The number of halogens is 3. The molecule has 1 aromatic heterocycles. The third-order valence-corrected chi connectivity index (χ3v) is 1.92. The first-order valence-corrected chi connectivity index (χ1v) is 4.23. The lowest BCUT2D eigenvalue weighted by molar-refractivity contribution is -0.141. The molecule has 0 bridgehead atoms. The molecule has 1 atom stereocenters. The molecule has 0 spiro atoms. The van der Waals surface area contributed by atoms with Gasteiger partial charge in [0.1, 0.15) is 6.10 Å². The highest BCUT2D eigenvalue weighted by Crippen LogP contribution is 2.30. The van der Waals surface area contributed by atoms with Gasteiger partial charge in [0.15, 0.2) is 5.69 Å². The zero-order valence-corrected chi connectivity index (χ0v) is 8.19. The first-order valence-electron chi connectivity index (χ1n) is 4.23. The summed E-state index contributed by atoms with van der Waals surface area (Å²) in [5.41, 5.74) is -1.34. The second kappa shape index (κ2) is 4.12. The van der Waals surface area contributed by atoms with Crippen LogP contribution in [0.4, 0.5) is 13.2 Å². The van der Waals surface area contributed by atoms with Crippen LogP contribution in [-0.2, 0) is 18.0 Å². The molecule has 0 aromatic carbocycles. The minimum Gasteiger partial charge on any atom is -0.481 e. The lowest BCUT2D eigenvalue weighted by Crippen LogP contribution is -2.09. The fourth-order valence-electron chi connectivity index (χ4n) is 1.20. The van der Waals surface area contributed by atoms with Gasteiger partial charge >= 0.3 is 12.1 Å². The predicted molar refractivity (Wildman–Crippen MR) is 45.4 cm³/mol.